The first-order chi connectivity index (χ1) is 23.4. The van der Waals surface area contributed by atoms with Crippen molar-refractivity contribution < 1.29 is 36.3 Å². The second-order valence-electron chi connectivity index (χ2n) is 12.5. The summed E-state index contributed by atoms with van der Waals surface area (Å²) in [5.74, 6) is -1.87. The fourth-order valence-corrected chi connectivity index (χ4v) is 6.39. The van der Waals surface area contributed by atoms with Gasteiger partial charge in [-0.25, -0.2) is 18.3 Å². The third-order valence-corrected chi connectivity index (χ3v) is 9.09. The minimum atomic E-state index is -3.67. The first kappa shape index (κ1) is 37.9. The average molecular weight is 700 g/mol. The molecule has 17 heteroatoms. The first-order valence-corrected chi connectivity index (χ1v) is 16.8. The molecule has 3 aromatic heterocycles. The van der Waals surface area contributed by atoms with Crippen molar-refractivity contribution in [3.63, 3.8) is 0 Å². The lowest BCUT2D eigenvalue weighted by Crippen LogP contribution is -2.38. The lowest BCUT2D eigenvalue weighted by molar-refractivity contribution is -0.122. The Balaban J connectivity index is 0.000000421. The lowest BCUT2D eigenvalue weighted by atomic mass is 9.81. The van der Waals surface area contributed by atoms with Crippen LogP contribution in [0.2, 0.25) is 0 Å². The van der Waals surface area contributed by atoms with Crippen LogP contribution in [-0.4, -0.2) is 79.6 Å². The van der Waals surface area contributed by atoms with Crippen molar-refractivity contribution in [1.82, 2.24) is 40.0 Å². The van der Waals surface area contributed by atoms with Crippen molar-refractivity contribution in [2.75, 3.05) is 19.0 Å². The van der Waals surface area contributed by atoms with E-state index < -0.39 is 18.6 Å². The highest BCUT2D eigenvalue weighted by molar-refractivity contribution is 5.92. The Morgan fingerprint density at radius 3 is 2.37 bits per heavy atom. The van der Waals surface area contributed by atoms with Gasteiger partial charge in [0.05, 0.1) is 24.0 Å². The minimum absolute atomic E-state index is 0.184. The number of piperidine rings is 1. The Hall–Kier alpha value is -3.89. The summed E-state index contributed by atoms with van der Waals surface area (Å²) in [7, 11) is 1.75. The summed E-state index contributed by atoms with van der Waals surface area (Å²) in [6, 6.07) is 1.38. The second kappa shape index (κ2) is 17.7. The van der Waals surface area contributed by atoms with E-state index in [1.165, 1.54) is 0 Å². The highest BCUT2D eigenvalue weighted by atomic mass is 19.4. The smallest absolute Gasteiger partial charge is 0.379 e. The summed E-state index contributed by atoms with van der Waals surface area (Å²) in [5, 5.41) is 18.2. The largest absolute Gasteiger partial charge is 0.381 e. The third kappa shape index (κ3) is 11.1. The molecule has 1 unspecified atom stereocenters. The molecule has 1 aliphatic heterocycles. The number of aromatic nitrogens is 6. The quantitative estimate of drug-likeness (QED) is 0.252. The summed E-state index contributed by atoms with van der Waals surface area (Å²) >= 11 is 0. The van der Waals surface area contributed by atoms with Crippen LogP contribution in [0.1, 0.15) is 105 Å². The number of rotatable bonds is 8. The van der Waals surface area contributed by atoms with E-state index in [2.05, 4.69) is 26.1 Å². The number of fused-ring (bicyclic) bond motifs is 1. The maximum atomic E-state index is 14.0. The molecule has 0 bridgehead atoms. The Morgan fingerprint density at radius 1 is 1.10 bits per heavy atom. The fraction of sp³-hybridized carbons (Fsp3) is 0.688. The van der Waals surface area contributed by atoms with Crippen molar-refractivity contribution in [1.29, 1.82) is 0 Å². The fourth-order valence-electron chi connectivity index (χ4n) is 6.39. The van der Waals surface area contributed by atoms with E-state index in [1.807, 2.05) is 13.8 Å². The summed E-state index contributed by atoms with van der Waals surface area (Å²) in [6.45, 7) is 1.56. The Labute approximate surface area is 282 Å². The number of hydrogen-bond acceptors (Lipinski definition) is 8. The highest BCUT2D eigenvalue weighted by Gasteiger charge is 2.39. The Morgan fingerprint density at radius 2 is 1.80 bits per heavy atom. The van der Waals surface area contributed by atoms with Gasteiger partial charge in [-0.3, -0.25) is 14.3 Å². The van der Waals surface area contributed by atoms with E-state index in [0.717, 1.165) is 57.2 Å². The molecule has 3 fully saturated rings. The normalized spacial score (nSPS) is 21.5. The molecule has 0 aromatic carbocycles. The topological polar surface area (TPSA) is 140 Å². The third-order valence-electron chi connectivity index (χ3n) is 9.09. The molecule has 2 amide bonds. The van der Waals surface area contributed by atoms with Crippen molar-refractivity contribution in [3.05, 3.63) is 35.5 Å². The van der Waals surface area contributed by atoms with Crippen molar-refractivity contribution in [2.45, 2.75) is 122 Å². The monoisotopic (exact) mass is 699 g/mol. The molecule has 4 heterocycles. The van der Waals surface area contributed by atoms with Gasteiger partial charge in [-0.1, -0.05) is 0 Å². The van der Waals surface area contributed by atoms with Crippen molar-refractivity contribution in [3.8, 4) is 0 Å². The van der Waals surface area contributed by atoms with Gasteiger partial charge in [0.25, 0.3) is 11.7 Å². The maximum absolute atomic E-state index is 14.0. The predicted octanol–water partition coefficient (Wildman–Crippen LogP) is 5.78. The van der Waals surface area contributed by atoms with Gasteiger partial charge in [0.1, 0.15) is 11.4 Å². The van der Waals surface area contributed by atoms with Crippen molar-refractivity contribution >= 4 is 23.4 Å². The molecule has 12 nitrogen and oxygen atoms in total. The van der Waals surface area contributed by atoms with Gasteiger partial charge in [0.2, 0.25) is 11.8 Å². The van der Waals surface area contributed by atoms with Crippen LogP contribution in [0.4, 0.5) is 27.8 Å². The van der Waals surface area contributed by atoms with Gasteiger partial charge in [0, 0.05) is 51.7 Å². The van der Waals surface area contributed by atoms with Crippen LogP contribution in [0.3, 0.4) is 0 Å². The van der Waals surface area contributed by atoms with Crippen LogP contribution in [0.5, 0.6) is 0 Å². The molecule has 0 spiro atoms. The van der Waals surface area contributed by atoms with Gasteiger partial charge < -0.3 is 20.7 Å². The number of imidazole rings is 1. The molecule has 3 N–H and O–H groups in total. The van der Waals surface area contributed by atoms with Crippen LogP contribution in [0.15, 0.2) is 18.5 Å². The molecule has 1 atom stereocenters. The molecule has 2 saturated carbocycles. The van der Waals surface area contributed by atoms with Gasteiger partial charge in [-0.15, -0.1) is 0 Å². The van der Waals surface area contributed by atoms with Crippen LogP contribution in [0, 0.1) is 12.8 Å². The van der Waals surface area contributed by atoms with E-state index in [0.29, 0.717) is 35.6 Å². The Bertz CT molecular complexity index is 1490. The summed E-state index contributed by atoms with van der Waals surface area (Å²) in [4.78, 5) is 33.0. The maximum Gasteiger partial charge on any atom is 0.379 e. The zero-order valence-corrected chi connectivity index (χ0v) is 28.1. The van der Waals surface area contributed by atoms with E-state index in [1.54, 1.807) is 34.8 Å². The molecule has 1 saturated heterocycles. The minimum Gasteiger partial charge on any atom is -0.381 e. The van der Waals surface area contributed by atoms with E-state index >= 15 is 0 Å². The van der Waals surface area contributed by atoms with E-state index in [-0.39, 0.29) is 49.5 Å². The first-order valence-electron chi connectivity index (χ1n) is 16.8. The molecule has 272 valence electrons. The number of hydrogen-bond donors (Lipinski definition) is 3. The molecule has 2 aliphatic carbocycles. The zero-order valence-electron chi connectivity index (χ0n) is 28.1. The number of alkyl halides is 5. The average Bonchev–Trinajstić information content (AvgIpc) is 3.72. The number of nitrogens with zero attached hydrogens (tertiary/aromatic N) is 6. The Kier molecular flexibility index (Phi) is 13.7. The lowest BCUT2D eigenvalue weighted by Gasteiger charge is -2.33. The number of aryl methyl sites for hydroxylation is 2. The number of nitrogens with one attached hydrogen (secondary N) is 3. The molecule has 49 heavy (non-hydrogen) atoms. The predicted molar refractivity (Wildman–Crippen MR) is 171 cm³/mol. The van der Waals surface area contributed by atoms with Crippen LogP contribution in [0.25, 0.3) is 5.78 Å². The highest BCUT2D eigenvalue weighted by Crippen LogP contribution is 2.41. The number of carbonyl (C=O) groups is 2. The summed E-state index contributed by atoms with van der Waals surface area (Å²) < 4.78 is 65.6. The number of methoxy groups -OCH3 is 1. The molecule has 3 aliphatic rings. The number of halogens is 5. The van der Waals surface area contributed by atoms with Gasteiger partial charge in [0.15, 0.2) is 5.82 Å². The molecule has 0 radical (unpaired) electrons. The number of ether oxygens (including phenoxy) is 1. The molecule has 6 rings (SSSR count). The van der Waals surface area contributed by atoms with E-state index in [9.17, 15) is 31.5 Å². The SMILES string of the molecule is CCn1nccc1C(=O)NC(c1cn2nc(C)c(NC3CCC(OC)CC3)nc2n1)C1CCC(F)(F)CC1.FC(F)F.O=C1CCCCN1. The number of amides is 2. The number of carbonyl (C=O) groups excluding carboxylic acids is 2. The van der Waals surface area contributed by atoms with E-state index in [4.69, 9.17) is 14.7 Å². The summed E-state index contributed by atoms with van der Waals surface area (Å²) in [6.07, 6.45) is 10.7. The zero-order chi connectivity index (χ0) is 35.6. The van der Waals surface area contributed by atoms with Crippen molar-refractivity contribution in [2.24, 2.45) is 5.92 Å². The standard InChI is InChI=1S/C26H36F2N8O2.C5H9NO.CHF3/c1-4-35-21(11-14-29-35)24(37)32-22(17-9-12-26(27,28)13-10-17)20-15-36-25(31-20)33-23(16(2)34-36)30-18-5-7-19(38-3)8-6-18;7-5-3-1-2-4-6-5;2-1(3)4/h11,14-15,17-19,22H,4-10,12-13H2,1-3H3,(H,32,37)(H,30,31,33);1-4H2,(H,6,7);1H. The van der Waals surface area contributed by atoms with Crippen LogP contribution >= 0.6 is 0 Å². The van der Waals surface area contributed by atoms with Gasteiger partial charge in [-0.2, -0.15) is 28.4 Å². The van der Waals surface area contributed by atoms with Crippen LogP contribution < -0.4 is 16.0 Å². The molecular formula is C32H46F5N9O3. The molecule has 3 aromatic rings. The van der Waals surface area contributed by atoms with Crippen LogP contribution in [-0.2, 0) is 16.1 Å². The number of anilines is 1. The van der Waals surface area contributed by atoms with Gasteiger partial charge in [-0.05, 0) is 77.2 Å². The molecular weight excluding hydrogens is 653 g/mol. The summed E-state index contributed by atoms with van der Waals surface area (Å²) in [5.41, 5.74) is 1.72. The van der Waals surface area contributed by atoms with Gasteiger partial charge >= 0.3 is 6.68 Å². The second-order valence-corrected chi connectivity index (χ2v) is 12.5.